The summed E-state index contributed by atoms with van der Waals surface area (Å²) in [6.07, 6.45) is 2.76. The van der Waals surface area contributed by atoms with E-state index in [4.69, 9.17) is 37.9 Å². The Bertz CT molecular complexity index is 1310. The number of halogens is 2. The maximum absolute atomic E-state index is 13.5. The third kappa shape index (κ3) is 8.10. The number of carbonyl (C=O) groups excluding carboxylic acids is 2. The molecule has 0 atom stereocenters. The summed E-state index contributed by atoms with van der Waals surface area (Å²) in [5, 5.41) is 9.77. The zero-order chi connectivity index (χ0) is 27.7. The van der Waals surface area contributed by atoms with Crippen molar-refractivity contribution < 1.29 is 19.1 Å². The van der Waals surface area contributed by atoms with Crippen LogP contribution in [0.1, 0.15) is 37.6 Å². The molecule has 0 radical (unpaired) electrons. The van der Waals surface area contributed by atoms with Crippen molar-refractivity contribution >= 4 is 46.6 Å². The Kier molecular flexibility index (Phi) is 9.94. The molecule has 0 aliphatic rings. The Hall–Kier alpha value is -3.80. The molecule has 0 bridgehead atoms. The first-order valence-electron chi connectivity index (χ1n) is 11.9. The normalized spacial score (nSPS) is 10.8. The van der Waals surface area contributed by atoms with Gasteiger partial charge in [0, 0.05) is 29.5 Å². The highest BCUT2D eigenvalue weighted by Crippen LogP contribution is 2.29. The minimum atomic E-state index is -0.676. The van der Waals surface area contributed by atoms with Gasteiger partial charge < -0.3 is 14.4 Å². The van der Waals surface area contributed by atoms with Crippen LogP contribution in [0.3, 0.4) is 0 Å². The molecule has 10 heteroatoms. The van der Waals surface area contributed by atoms with Crippen LogP contribution >= 0.6 is 23.2 Å². The minimum absolute atomic E-state index is 0.0954. The van der Waals surface area contributed by atoms with Crippen molar-refractivity contribution in [3.8, 4) is 11.8 Å². The largest absolute Gasteiger partial charge is 0.492 e. The number of para-hydroxylation sites is 1. The number of hydrogen-bond donors (Lipinski definition) is 0. The molecule has 3 rings (SSSR count). The van der Waals surface area contributed by atoms with E-state index < -0.39 is 11.7 Å². The Balaban J connectivity index is 1.79. The van der Waals surface area contributed by atoms with E-state index in [9.17, 15) is 9.59 Å². The second-order valence-electron chi connectivity index (χ2n) is 9.18. The Morgan fingerprint density at radius 2 is 1.71 bits per heavy atom. The topological polar surface area (TPSA) is 95.8 Å². The van der Waals surface area contributed by atoms with E-state index in [1.165, 1.54) is 15.9 Å². The van der Waals surface area contributed by atoms with Gasteiger partial charge in [-0.15, -0.1) is 0 Å². The summed E-state index contributed by atoms with van der Waals surface area (Å²) in [4.78, 5) is 33.2. The maximum atomic E-state index is 13.5. The molecule has 38 heavy (non-hydrogen) atoms. The Morgan fingerprint density at radius 3 is 2.37 bits per heavy atom. The van der Waals surface area contributed by atoms with Crippen molar-refractivity contribution in [3.63, 3.8) is 0 Å². The van der Waals surface area contributed by atoms with Crippen LogP contribution in [0.2, 0.25) is 10.0 Å². The first-order valence-corrected chi connectivity index (χ1v) is 12.6. The maximum Gasteiger partial charge on any atom is 0.414 e. The number of hydrogen-bond acceptors (Lipinski definition) is 6. The van der Waals surface area contributed by atoms with Crippen LogP contribution in [0.4, 0.5) is 16.2 Å². The number of amides is 2. The molecular weight excluding hydrogens is 527 g/mol. The standard InChI is InChI=1S/C28H28Cl2N4O4/c1-28(2,3)38-27(36)33(22-9-12-32-13-10-22)15-16-37-23-18-20(17-21(29)19-23)26(35)34(14-6-11-31)25-8-5-4-7-24(25)30/h4-5,7-10,12-13,17-19H,6,14-16H2,1-3H3. The van der Waals surface area contributed by atoms with Gasteiger partial charge >= 0.3 is 6.09 Å². The third-order valence-electron chi connectivity index (χ3n) is 5.13. The summed E-state index contributed by atoms with van der Waals surface area (Å²) < 4.78 is 11.4. The van der Waals surface area contributed by atoms with Gasteiger partial charge in [0.25, 0.3) is 5.91 Å². The van der Waals surface area contributed by atoms with Crippen molar-refractivity contribution in [2.45, 2.75) is 32.8 Å². The van der Waals surface area contributed by atoms with E-state index in [-0.39, 0.29) is 37.6 Å². The van der Waals surface area contributed by atoms with E-state index in [0.29, 0.717) is 27.2 Å². The Labute approximate surface area is 232 Å². The number of benzene rings is 2. The first kappa shape index (κ1) is 28.8. The van der Waals surface area contributed by atoms with Gasteiger partial charge in [-0.25, -0.2) is 4.79 Å². The summed E-state index contributed by atoms with van der Waals surface area (Å²) in [5.41, 5.74) is 0.684. The summed E-state index contributed by atoms with van der Waals surface area (Å²) in [6, 6.07) is 17.0. The van der Waals surface area contributed by atoms with Gasteiger partial charge in [-0.3, -0.25) is 14.7 Å². The highest BCUT2D eigenvalue weighted by Gasteiger charge is 2.24. The first-order chi connectivity index (χ1) is 18.1. The second-order valence-corrected chi connectivity index (χ2v) is 10.0. The molecule has 0 aliphatic carbocycles. The lowest BCUT2D eigenvalue weighted by Crippen LogP contribution is -2.39. The van der Waals surface area contributed by atoms with Gasteiger partial charge in [-0.2, -0.15) is 5.26 Å². The quantitative estimate of drug-likeness (QED) is 0.289. The van der Waals surface area contributed by atoms with Crippen molar-refractivity contribution in [1.29, 1.82) is 5.26 Å². The van der Waals surface area contributed by atoms with Gasteiger partial charge in [0.15, 0.2) is 0 Å². The minimum Gasteiger partial charge on any atom is -0.492 e. The van der Waals surface area contributed by atoms with E-state index in [1.807, 2.05) is 0 Å². The molecule has 0 saturated heterocycles. The second kappa shape index (κ2) is 13.1. The number of aromatic nitrogens is 1. The van der Waals surface area contributed by atoms with E-state index in [0.717, 1.165) is 0 Å². The van der Waals surface area contributed by atoms with Crippen LogP contribution in [0.15, 0.2) is 67.0 Å². The monoisotopic (exact) mass is 554 g/mol. The smallest absolute Gasteiger partial charge is 0.414 e. The molecule has 0 saturated carbocycles. The molecule has 0 N–H and O–H groups in total. The van der Waals surface area contributed by atoms with Crippen LogP contribution in [-0.4, -0.2) is 42.3 Å². The summed E-state index contributed by atoms with van der Waals surface area (Å²) in [6.45, 7) is 5.79. The fourth-order valence-corrected chi connectivity index (χ4v) is 3.97. The molecule has 8 nitrogen and oxygen atoms in total. The molecule has 2 amide bonds. The van der Waals surface area contributed by atoms with Crippen LogP contribution in [-0.2, 0) is 4.74 Å². The van der Waals surface area contributed by atoms with Crippen molar-refractivity contribution in [2.24, 2.45) is 0 Å². The van der Waals surface area contributed by atoms with Crippen molar-refractivity contribution in [1.82, 2.24) is 4.98 Å². The van der Waals surface area contributed by atoms with Crippen LogP contribution in [0.25, 0.3) is 0 Å². The lowest BCUT2D eigenvalue weighted by Gasteiger charge is -2.27. The van der Waals surface area contributed by atoms with Gasteiger partial charge in [0.05, 0.1) is 35.4 Å². The summed E-state index contributed by atoms with van der Waals surface area (Å²) in [7, 11) is 0. The summed E-state index contributed by atoms with van der Waals surface area (Å²) >= 11 is 12.7. The van der Waals surface area contributed by atoms with Crippen LogP contribution in [0.5, 0.6) is 5.75 Å². The molecule has 0 spiro atoms. The van der Waals surface area contributed by atoms with E-state index in [2.05, 4.69) is 11.1 Å². The predicted molar refractivity (Wildman–Crippen MR) is 148 cm³/mol. The molecule has 0 unspecified atom stereocenters. The van der Waals surface area contributed by atoms with Gasteiger partial charge in [-0.05, 0) is 63.2 Å². The number of ether oxygens (including phenoxy) is 2. The molecule has 0 aliphatic heterocycles. The third-order valence-corrected chi connectivity index (χ3v) is 5.66. The van der Waals surface area contributed by atoms with Gasteiger partial charge in [-0.1, -0.05) is 35.3 Å². The lowest BCUT2D eigenvalue weighted by molar-refractivity contribution is 0.0575. The van der Waals surface area contributed by atoms with Crippen LogP contribution in [0, 0.1) is 11.3 Å². The molecule has 198 valence electrons. The number of carbonyl (C=O) groups is 2. The van der Waals surface area contributed by atoms with E-state index >= 15 is 0 Å². The number of rotatable bonds is 9. The van der Waals surface area contributed by atoms with Crippen molar-refractivity contribution in [2.75, 3.05) is 29.5 Å². The Morgan fingerprint density at radius 1 is 1.00 bits per heavy atom. The molecule has 1 heterocycles. The van der Waals surface area contributed by atoms with Crippen molar-refractivity contribution in [3.05, 3.63) is 82.6 Å². The van der Waals surface area contributed by atoms with Gasteiger partial charge in [0.1, 0.15) is 18.0 Å². The SMILES string of the molecule is CC(C)(C)OC(=O)N(CCOc1cc(Cl)cc(C(=O)N(CCC#N)c2ccccc2Cl)c1)c1ccncc1. The highest BCUT2D eigenvalue weighted by molar-refractivity contribution is 6.34. The predicted octanol–water partition coefficient (Wildman–Crippen LogP) is 6.77. The number of nitriles is 1. The molecule has 2 aromatic carbocycles. The zero-order valence-corrected chi connectivity index (χ0v) is 22.9. The van der Waals surface area contributed by atoms with Gasteiger partial charge in [0.2, 0.25) is 0 Å². The van der Waals surface area contributed by atoms with E-state index in [1.54, 1.807) is 81.7 Å². The molecule has 0 fully saturated rings. The summed E-state index contributed by atoms with van der Waals surface area (Å²) in [5.74, 6) is -0.0352. The zero-order valence-electron chi connectivity index (χ0n) is 21.4. The molecule has 1 aromatic heterocycles. The highest BCUT2D eigenvalue weighted by atomic mass is 35.5. The average molecular weight is 555 g/mol. The number of pyridine rings is 1. The number of anilines is 2. The number of nitrogens with zero attached hydrogens (tertiary/aromatic N) is 4. The average Bonchev–Trinajstić information content (AvgIpc) is 2.86. The molecule has 3 aromatic rings. The molecular formula is C28H28Cl2N4O4. The lowest BCUT2D eigenvalue weighted by atomic mass is 10.1. The fraction of sp³-hybridized carbons (Fsp3) is 0.286. The van der Waals surface area contributed by atoms with Crippen LogP contribution < -0.4 is 14.5 Å². The fourth-order valence-electron chi connectivity index (χ4n) is 3.51.